The van der Waals surface area contributed by atoms with Crippen LogP contribution in [-0.4, -0.2) is 11.4 Å². The first-order chi connectivity index (χ1) is 8.67. The number of aryl methyl sites for hydroxylation is 1. The Morgan fingerprint density at radius 2 is 2.05 bits per heavy atom. The summed E-state index contributed by atoms with van der Waals surface area (Å²) in [4.78, 5) is 2.09. The van der Waals surface area contributed by atoms with E-state index in [4.69, 9.17) is 0 Å². The number of likely N-dealkylation sites (N-methyl/N-ethyl adjacent to an activating group) is 1. The molecule has 0 unspecified atom stereocenters. The number of allylic oxidation sites excluding steroid dienone is 3. The molecule has 0 fully saturated rings. The topological polar surface area (TPSA) is 3.24 Å². The molecule has 0 amide bonds. The molecule has 1 aliphatic rings. The van der Waals surface area contributed by atoms with Crippen molar-refractivity contribution in [2.45, 2.75) is 20.3 Å². The predicted molar refractivity (Wildman–Crippen MR) is 73.1 cm³/mol. The van der Waals surface area contributed by atoms with Gasteiger partial charge in [-0.05, 0) is 31.2 Å². The molecule has 2 rings (SSSR count). The van der Waals surface area contributed by atoms with Crippen molar-refractivity contribution in [2.24, 2.45) is 0 Å². The van der Waals surface area contributed by atoms with Gasteiger partial charge in [0.2, 0.25) is 0 Å². The van der Waals surface area contributed by atoms with Gasteiger partial charge in [-0.3, -0.25) is 0 Å². The molecule has 0 saturated heterocycles. The molecule has 1 aromatic carbocycles. The van der Waals surface area contributed by atoms with Gasteiger partial charge in [0.05, 0.1) is 0 Å². The quantitative estimate of drug-likeness (QED) is 0.759. The van der Waals surface area contributed by atoms with Gasteiger partial charge in [-0.25, -0.2) is 4.39 Å². The van der Waals surface area contributed by atoms with E-state index in [1.165, 1.54) is 6.07 Å². The first-order valence-electron chi connectivity index (χ1n) is 6.22. The van der Waals surface area contributed by atoms with Crippen LogP contribution in [-0.2, 0) is 39.1 Å². The first-order valence-corrected chi connectivity index (χ1v) is 6.22. The molecular formula is C16H17FNY-. The van der Waals surface area contributed by atoms with Crippen molar-refractivity contribution in [1.82, 2.24) is 4.90 Å². The fraction of sp³-hybridized carbons (Fsp3) is 0.250. The zero-order valence-corrected chi connectivity index (χ0v) is 14.2. The molecule has 97 valence electrons. The summed E-state index contributed by atoms with van der Waals surface area (Å²) in [5, 5.41) is 0. The molecule has 3 heteroatoms. The van der Waals surface area contributed by atoms with Crippen molar-refractivity contribution in [1.29, 1.82) is 0 Å². The van der Waals surface area contributed by atoms with Gasteiger partial charge in [0.25, 0.3) is 0 Å². The molecule has 0 aliphatic carbocycles. The van der Waals surface area contributed by atoms with E-state index in [1.807, 2.05) is 25.1 Å². The maximum atomic E-state index is 13.3. The summed E-state index contributed by atoms with van der Waals surface area (Å²) in [5.41, 5.74) is 3.95. The van der Waals surface area contributed by atoms with Crippen molar-refractivity contribution in [3.05, 3.63) is 65.6 Å². The number of benzene rings is 1. The van der Waals surface area contributed by atoms with Crippen LogP contribution in [0.1, 0.15) is 25.0 Å². The number of hydrogen-bond acceptors (Lipinski definition) is 1. The third kappa shape index (κ3) is 3.43. The van der Waals surface area contributed by atoms with E-state index in [1.54, 1.807) is 6.07 Å². The normalized spacial score (nSPS) is 14.2. The minimum absolute atomic E-state index is 0. The van der Waals surface area contributed by atoms with Crippen LogP contribution in [0.3, 0.4) is 0 Å². The van der Waals surface area contributed by atoms with Crippen LogP contribution in [0.15, 0.2) is 42.6 Å². The number of nitrogens with zero attached hydrogens (tertiary/aromatic N) is 1. The van der Waals surface area contributed by atoms with Crippen molar-refractivity contribution in [3.8, 4) is 0 Å². The van der Waals surface area contributed by atoms with Crippen LogP contribution in [0, 0.1) is 11.9 Å². The molecule has 0 aromatic heterocycles. The van der Waals surface area contributed by atoms with Crippen LogP contribution in [0.4, 0.5) is 4.39 Å². The van der Waals surface area contributed by atoms with Gasteiger partial charge in [-0.15, -0.1) is 12.1 Å². The van der Waals surface area contributed by atoms with Gasteiger partial charge in [0, 0.05) is 39.3 Å². The Kier molecular flexibility index (Phi) is 6.15. The van der Waals surface area contributed by atoms with E-state index in [9.17, 15) is 4.39 Å². The van der Waals surface area contributed by atoms with Gasteiger partial charge < -0.3 is 4.90 Å². The molecule has 0 spiro atoms. The number of rotatable bonds is 3. The van der Waals surface area contributed by atoms with Gasteiger partial charge in [0.15, 0.2) is 0 Å². The van der Waals surface area contributed by atoms with Crippen molar-refractivity contribution >= 4 is 5.70 Å². The van der Waals surface area contributed by atoms with Gasteiger partial charge >= 0.3 is 0 Å². The average Bonchev–Trinajstić information content (AvgIpc) is 2.38. The van der Waals surface area contributed by atoms with Gasteiger partial charge in [0.1, 0.15) is 5.82 Å². The number of hydrogen-bond donors (Lipinski definition) is 0. The first kappa shape index (κ1) is 16.3. The van der Waals surface area contributed by atoms with Crippen LogP contribution >= 0.6 is 0 Å². The average molecular weight is 331 g/mol. The Morgan fingerprint density at radius 3 is 2.68 bits per heavy atom. The summed E-state index contributed by atoms with van der Waals surface area (Å²) in [6, 6.07) is 4.92. The Hall–Kier alpha value is -0.726. The third-order valence-corrected chi connectivity index (χ3v) is 3.13. The van der Waals surface area contributed by atoms with Crippen LogP contribution in [0.5, 0.6) is 0 Å². The van der Waals surface area contributed by atoms with E-state index in [-0.39, 0.29) is 38.5 Å². The molecule has 19 heavy (non-hydrogen) atoms. The molecule has 1 radical (unpaired) electrons. The second-order valence-electron chi connectivity index (χ2n) is 4.22. The minimum atomic E-state index is -0.190. The molecule has 1 aromatic rings. The predicted octanol–water partition coefficient (Wildman–Crippen LogP) is 3.94. The minimum Gasteiger partial charge on any atom is -0.376 e. The van der Waals surface area contributed by atoms with E-state index in [0.29, 0.717) is 0 Å². The second-order valence-corrected chi connectivity index (χ2v) is 4.22. The van der Waals surface area contributed by atoms with Crippen LogP contribution < -0.4 is 0 Å². The molecule has 1 nitrogen and oxygen atoms in total. The van der Waals surface area contributed by atoms with Crippen molar-refractivity contribution in [2.75, 3.05) is 6.54 Å². The maximum Gasteiger partial charge on any atom is 0.121 e. The molecule has 1 aliphatic heterocycles. The molecule has 0 bridgehead atoms. The number of halogens is 1. The molecule has 0 N–H and O–H groups in total. The summed E-state index contributed by atoms with van der Waals surface area (Å²) in [7, 11) is 0. The standard InChI is InChI=1S/C16H17FN.Y/c1-4-13-11-14(17)9-10-15(13)16-8-6-7-12(3)18(16)5-2;/h6-7,9-11H,3-5H2,1-2H3;/q-1;. The largest absolute Gasteiger partial charge is 0.376 e. The van der Waals surface area contributed by atoms with E-state index in [2.05, 4.69) is 24.5 Å². The Morgan fingerprint density at radius 1 is 1.32 bits per heavy atom. The SMILES string of the molecule is C=C1C=C[C-]=C(c2ccc(F)cc2CC)N1CC.[Y]. The summed E-state index contributed by atoms with van der Waals surface area (Å²) in [6.45, 7) is 8.95. The maximum absolute atomic E-state index is 13.3. The Bertz CT molecular complexity index is 532. The van der Waals surface area contributed by atoms with Crippen LogP contribution in [0.25, 0.3) is 5.70 Å². The smallest absolute Gasteiger partial charge is 0.121 e. The molecule has 1 heterocycles. The van der Waals surface area contributed by atoms with Crippen LogP contribution in [0.2, 0.25) is 0 Å². The fourth-order valence-electron chi connectivity index (χ4n) is 2.20. The van der Waals surface area contributed by atoms with Crippen molar-refractivity contribution in [3.63, 3.8) is 0 Å². The second kappa shape index (κ2) is 7.16. The zero-order valence-electron chi connectivity index (χ0n) is 11.4. The summed E-state index contributed by atoms with van der Waals surface area (Å²) >= 11 is 0. The fourth-order valence-corrected chi connectivity index (χ4v) is 2.20. The Balaban J connectivity index is 0.00000180. The zero-order chi connectivity index (χ0) is 13.1. The summed E-state index contributed by atoms with van der Waals surface area (Å²) < 4.78 is 13.3. The monoisotopic (exact) mass is 331 g/mol. The molecule has 0 atom stereocenters. The third-order valence-electron chi connectivity index (χ3n) is 3.13. The van der Waals surface area contributed by atoms with E-state index < -0.39 is 0 Å². The van der Waals surface area contributed by atoms with E-state index in [0.717, 1.165) is 35.5 Å². The summed E-state index contributed by atoms with van der Waals surface area (Å²) in [6.07, 6.45) is 7.84. The van der Waals surface area contributed by atoms with Gasteiger partial charge in [-0.2, -0.15) is 12.2 Å². The molecule has 0 saturated carbocycles. The van der Waals surface area contributed by atoms with E-state index >= 15 is 0 Å². The van der Waals surface area contributed by atoms with Gasteiger partial charge in [-0.1, -0.05) is 30.3 Å². The van der Waals surface area contributed by atoms with Crippen molar-refractivity contribution < 1.29 is 37.1 Å². The summed E-state index contributed by atoms with van der Waals surface area (Å²) in [5.74, 6) is -0.190. The Labute approximate surface area is 139 Å². The molecular weight excluding hydrogens is 314 g/mol.